The van der Waals surface area contributed by atoms with Crippen LogP contribution in [0.5, 0.6) is 5.75 Å². The van der Waals surface area contributed by atoms with Crippen LogP contribution in [-0.4, -0.2) is 37.7 Å². The topological polar surface area (TPSA) is 66.4 Å². The molecule has 1 aliphatic heterocycles. The highest BCUT2D eigenvalue weighted by Crippen LogP contribution is 2.36. The molecule has 1 heterocycles. The number of rotatable bonds is 10. The van der Waals surface area contributed by atoms with E-state index in [4.69, 9.17) is 9.47 Å². The largest absolute Gasteiger partial charge is 0.488 e. The van der Waals surface area contributed by atoms with Crippen molar-refractivity contribution >= 4 is 11.5 Å². The normalized spacial score (nSPS) is 14.0. The zero-order valence-corrected chi connectivity index (χ0v) is 17.9. The predicted molar refractivity (Wildman–Crippen MR) is 119 cm³/mol. The first kappa shape index (κ1) is 22.1. The van der Waals surface area contributed by atoms with Gasteiger partial charge in [0, 0.05) is 18.5 Å². The average Bonchev–Trinajstić information content (AvgIpc) is 2.93. The Morgan fingerprint density at radius 3 is 2.70 bits per heavy atom. The summed E-state index contributed by atoms with van der Waals surface area (Å²) in [5, 5.41) is 0. The second kappa shape index (κ2) is 11.5. The van der Waals surface area contributed by atoms with E-state index in [1.165, 1.54) is 16.7 Å². The number of fused-ring (bicyclic) bond motifs is 2. The Balaban J connectivity index is 1.57. The van der Waals surface area contributed by atoms with E-state index in [0.29, 0.717) is 19.8 Å². The second-order valence-electron chi connectivity index (χ2n) is 7.74. The molecule has 0 spiro atoms. The number of nitrogens with zero attached hydrogens (tertiary/aromatic N) is 1. The van der Waals surface area contributed by atoms with Gasteiger partial charge in [-0.05, 0) is 55.5 Å². The number of ether oxygens (including phenoxy) is 2. The van der Waals surface area contributed by atoms with E-state index in [-0.39, 0.29) is 5.97 Å². The fraction of sp³-hybridized carbons (Fsp3) is 0.400. The third-order valence-corrected chi connectivity index (χ3v) is 5.30. The SMILES string of the molecule is CN(CCC=C1c2ccccc2COc2ccccc21)COC(=O)CCCCC[NH3+]. The lowest BCUT2D eigenvalue weighted by Crippen LogP contribution is -2.50. The molecule has 0 bridgehead atoms. The van der Waals surface area contributed by atoms with Gasteiger partial charge < -0.3 is 15.2 Å². The molecule has 2 aromatic carbocycles. The molecule has 0 fully saturated rings. The van der Waals surface area contributed by atoms with Crippen LogP contribution < -0.4 is 10.5 Å². The minimum absolute atomic E-state index is 0.118. The third kappa shape index (κ3) is 6.18. The molecule has 0 saturated heterocycles. The number of esters is 1. The molecule has 3 rings (SSSR count). The molecule has 2 aromatic rings. The van der Waals surface area contributed by atoms with Gasteiger partial charge in [-0.25, -0.2) is 0 Å². The molecule has 0 atom stereocenters. The third-order valence-electron chi connectivity index (χ3n) is 5.30. The van der Waals surface area contributed by atoms with Crippen molar-refractivity contribution in [3.63, 3.8) is 0 Å². The van der Waals surface area contributed by atoms with Crippen LogP contribution in [0.4, 0.5) is 0 Å². The number of carbonyl (C=O) groups excluding carboxylic acids is 1. The highest BCUT2D eigenvalue weighted by atomic mass is 16.5. The molecule has 1 aliphatic rings. The smallest absolute Gasteiger partial charge is 0.307 e. The highest BCUT2D eigenvalue weighted by molar-refractivity contribution is 5.84. The summed E-state index contributed by atoms with van der Waals surface area (Å²) in [6.45, 7) is 2.64. The van der Waals surface area contributed by atoms with Gasteiger partial charge in [0.05, 0.1) is 6.54 Å². The molecule has 0 amide bonds. The number of unbranched alkanes of at least 4 members (excludes halogenated alkanes) is 2. The number of benzene rings is 2. The van der Waals surface area contributed by atoms with Crippen LogP contribution in [0.3, 0.4) is 0 Å². The fourth-order valence-electron chi connectivity index (χ4n) is 3.62. The van der Waals surface area contributed by atoms with Crippen LogP contribution in [0.1, 0.15) is 48.8 Å². The monoisotopic (exact) mass is 409 g/mol. The van der Waals surface area contributed by atoms with Crippen molar-refractivity contribution in [2.75, 3.05) is 26.9 Å². The summed E-state index contributed by atoms with van der Waals surface area (Å²) in [5.74, 6) is 0.800. The predicted octanol–water partition coefficient (Wildman–Crippen LogP) is 3.64. The lowest BCUT2D eigenvalue weighted by molar-refractivity contribution is -0.368. The fourth-order valence-corrected chi connectivity index (χ4v) is 3.62. The van der Waals surface area contributed by atoms with Crippen molar-refractivity contribution in [2.45, 2.75) is 38.7 Å². The van der Waals surface area contributed by atoms with Crippen molar-refractivity contribution in [1.82, 2.24) is 4.90 Å². The quantitative estimate of drug-likeness (QED) is 0.370. The van der Waals surface area contributed by atoms with Gasteiger partial charge in [-0.3, -0.25) is 9.69 Å². The van der Waals surface area contributed by atoms with E-state index in [1.807, 2.05) is 30.1 Å². The van der Waals surface area contributed by atoms with Gasteiger partial charge in [0.2, 0.25) is 0 Å². The minimum atomic E-state index is -0.118. The van der Waals surface area contributed by atoms with Crippen LogP contribution in [0.25, 0.3) is 5.57 Å². The number of hydrogen-bond acceptors (Lipinski definition) is 4. The molecule has 0 aromatic heterocycles. The summed E-state index contributed by atoms with van der Waals surface area (Å²) in [5.41, 5.74) is 8.56. The molecule has 3 N–H and O–H groups in total. The van der Waals surface area contributed by atoms with Crippen molar-refractivity contribution in [3.8, 4) is 5.75 Å². The Morgan fingerprint density at radius 1 is 1.10 bits per heavy atom. The molecular formula is C25H33N2O3+. The van der Waals surface area contributed by atoms with Crippen LogP contribution in [0.2, 0.25) is 0 Å². The van der Waals surface area contributed by atoms with Crippen molar-refractivity contribution in [1.29, 1.82) is 0 Å². The maximum absolute atomic E-state index is 11.9. The zero-order chi connectivity index (χ0) is 21.2. The van der Waals surface area contributed by atoms with E-state index in [1.54, 1.807) is 0 Å². The van der Waals surface area contributed by atoms with Gasteiger partial charge >= 0.3 is 5.97 Å². The Bertz CT molecular complexity index is 813. The zero-order valence-electron chi connectivity index (χ0n) is 17.9. The molecule has 30 heavy (non-hydrogen) atoms. The Hall–Kier alpha value is -2.63. The number of carbonyl (C=O) groups is 1. The van der Waals surface area contributed by atoms with Crippen LogP contribution in [-0.2, 0) is 16.1 Å². The maximum Gasteiger partial charge on any atom is 0.307 e. The molecule has 5 nitrogen and oxygen atoms in total. The lowest BCUT2D eigenvalue weighted by Gasteiger charge is -2.16. The molecule has 160 valence electrons. The molecular weight excluding hydrogens is 376 g/mol. The minimum Gasteiger partial charge on any atom is -0.488 e. The van der Waals surface area contributed by atoms with Gasteiger partial charge in [0.25, 0.3) is 0 Å². The van der Waals surface area contributed by atoms with Crippen LogP contribution in [0, 0.1) is 0 Å². The van der Waals surface area contributed by atoms with Crippen molar-refractivity contribution in [3.05, 3.63) is 71.3 Å². The van der Waals surface area contributed by atoms with Crippen LogP contribution in [0.15, 0.2) is 54.6 Å². The summed E-state index contributed by atoms with van der Waals surface area (Å²) in [6.07, 6.45) is 6.60. The first-order chi connectivity index (χ1) is 14.7. The maximum atomic E-state index is 11.9. The van der Waals surface area contributed by atoms with Gasteiger partial charge in [-0.2, -0.15) is 0 Å². The van der Waals surface area contributed by atoms with E-state index in [0.717, 1.165) is 50.1 Å². The van der Waals surface area contributed by atoms with E-state index >= 15 is 0 Å². The summed E-state index contributed by atoms with van der Waals surface area (Å²) in [7, 11) is 1.98. The first-order valence-corrected chi connectivity index (χ1v) is 10.8. The summed E-state index contributed by atoms with van der Waals surface area (Å²) in [4.78, 5) is 13.9. The summed E-state index contributed by atoms with van der Waals surface area (Å²) in [6, 6.07) is 16.6. The number of para-hydroxylation sites is 1. The molecule has 5 heteroatoms. The van der Waals surface area contributed by atoms with E-state index in [9.17, 15) is 4.79 Å². The van der Waals surface area contributed by atoms with Gasteiger partial charge in [-0.1, -0.05) is 48.5 Å². The highest BCUT2D eigenvalue weighted by Gasteiger charge is 2.18. The number of hydrogen-bond donors (Lipinski definition) is 1. The van der Waals surface area contributed by atoms with E-state index in [2.05, 4.69) is 42.1 Å². The molecule has 0 saturated carbocycles. The summed E-state index contributed by atoms with van der Waals surface area (Å²) >= 11 is 0. The Kier molecular flexibility index (Phi) is 8.48. The molecule has 0 aliphatic carbocycles. The van der Waals surface area contributed by atoms with Crippen molar-refractivity contribution in [2.24, 2.45) is 0 Å². The van der Waals surface area contributed by atoms with Crippen LogP contribution >= 0.6 is 0 Å². The van der Waals surface area contributed by atoms with Gasteiger partial charge in [-0.15, -0.1) is 0 Å². The average molecular weight is 410 g/mol. The summed E-state index contributed by atoms with van der Waals surface area (Å²) < 4.78 is 11.4. The molecule has 0 unspecified atom stereocenters. The standard InChI is InChI=1S/C25H32N2O3/c1-27(19-30-25(28)15-3-2-8-16-26)17-9-13-22-21-11-5-4-10-20(21)18-29-24-14-7-6-12-23(22)24/h4-7,10-14H,2-3,8-9,15-19,26H2,1H3/p+1. The second-order valence-corrected chi connectivity index (χ2v) is 7.74. The first-order valence-electron chi connectivity index (χ1n) is 10.8. The number of quaternary nitrogens is 1. The van der Waals surface area contributed by atoms with Crippen molar-refractivity contribution < 1.29 is 20.0 Å². The molecule has 0 radical (unpaired) electrons. The van der Waals surface area contributed by atoms with E-state index < -0.39 is 0 Å². The lowest BCUT2D eigenvalue weighted by atomic mass is 9.93. The van der Waals surface area contributed by atoms with Gasteiger partial charge in [0.1, 0.15) is 19.1 Å². The van der Waals surface area contributed by atoms with Gasteiger partial charge in [0.15, 0.2) is 0 Å². The Morgan fingerprint density at radius 2 is 1.87 bits per heavy atom. The Labute approximate surface area is 179 Å².